The summed E-state index contributed by atoms with van der Waals surface area (Å²) in [6, 6.07) is 7.14. The van der Waals surface area contributed by atoms with E-state index in [4.69, 9.17) is 23.2 Å². The third-order valence-electron chi connectivity index (χ3n) is 4.97. The molecule has 2 aliphatic heterocycles. The minimum absolute atomic E-state index is 0.133. The normalized spacial score (nSPS) is 27.2. The molecule has 0 spiro atoms. The predicted molar refractivity (Wildman–Crippen MR) is 98.4 cm³/mol. The molecule has 1 aromatic carbocycles. The lowest BCUT2D eigenvalue weighted by molar-refractivity contribution is -0.119. The van der Waals surface area contributed by atoms with Crippen LogP contribution in [0.1, 0.15) is 31.2 Å². The Labute approximate surface area is 152 Å². The summed E-state index contributed by atoms with van der Waals surface area (Å²) < 4.78 is 0. The van der Waals surface area contributed by atoms with Gasteiger partial charge in [-0.05, 0) is 50.4 Å². The average molecular weight is 373 g/mol. The summed E-state index contributed by atoms with van der Waals surface area (Å²) in [4.78, 5) is 14.6. The first-order valence-corrected chi connectivity index (χ1v) is 9.97. The van der Waals surface area contributed by atoms with Gasteiger partial charge in [0.15, 0.2) is 0 Å². The molecule has 0 aromatic heterocycles. The molecular weight excluding hydrogens is 351 g/mol. The molecule has 3 rings (SSSR count). The Morgan fingerprint density at radius 1 is 1.30 bits per heavy atom. The fourth-order valence-corrected chi connectivity index (χ4v) is 5.09. The Morgan fingerprint density at radius 2 is 2.00 bits per heavy atom. The van der Waals surface area contributed by atoms with Crippen LogP contribution in [0.3, 0.4) is 0 Å². The molecule has 1 N–H and O–H groups in total. The maximum Gasteiger partial charge on any atom is 0.230 e. The highest BCUT2D eigenvalue weighted by molar-refractivity contribution is 7.99. The number of hydrogen-bond acceptors (Lipinski definition) is 3. The lowest BCUT2D eigenvalue weighted by atomic mass is 9.98. The first-order chi connectivity index (χ1) is 11.0. The lowest BCUT2D eigenvalue weighted by Crippen LogP contribution is -2.49. The second kappa shape index (κ2) is 7.64. The number of thioether (sulfide) groups is 1. The van der Waals surface area contributed by atoms with E-state index in [1.807, 2.05) is 12.1 Å². The molecule has 2 fully saturated rings. The van der Waals surface area contributed by atoms with Gasteiger partial charge in [-0.3, -0.25) is 4.79 Å². The molecule has 23 heavy (non-hydrogen) atoms. The summed E-state index contributed by atoms with van der Waals surface area (Å²) in [7, 11) is 2.21. The van der Waals surface area contributed by atoms with E-state index in [0.717, 1.165) is 24.2 Å². The van der Waals surface area contributed by atoms with Crippen molar-refractivity contribution in [1.29, 1.82) is 0 Å². The van der Waals surface area contributed by atoms with E-state index in [1.54, 1.807) is 17.8 Å². The van der Waals surface area contributed by atoms with E-state index in [0.29, 0.717) is 33.9 Å². The zero-order valence-electron chi connectivity index (χ0n) is 13.2. The Hall–Kier alpha value is -0.420. The van der Waals surface area contributed by atoms with Crippen LogP contribution in [0.4, 0.5) is 0 Å². The minimum Gasteiger partial charge on any atom is -0.353 e. The molecule has 3 nitrogen and oxygen atoms in total. The highest BCUT2D eigenvalue weighted by Crippen LogP contribution is 2.34. The zero-order chi connectivity index (χ0) is 16.4. The van der Waals surface area contributed by atoms with Gasteiger partial charge in [0, 0.05) is 33.9 Å². The summed E-state index contributed by atoms with van der Waals surface area (Å²) >= 11 is 13.6. The van der Waals surface area contributed by atoms with Crippen molar-refractivity contribution in [3.63, 3.8) is 0 Å². The van der Waals surface area contributed by atoms with Crippen molar-refractivity contribution in [3.05, 3.63) is 33.8 Å². The molecule has 0 unspecified atom stereocenters. The standard InChI is InChI=1S/C17H22Cl2N2OS/c1-21-14-4-5-15(21)8-13(7-14)20-17(22)10-23-9-11-2-3-12(18)6-16(11)19/h2-3,6,13-15H,4-5,7-10H2,1H3,(H,20,22)/t14-,15-/m1/s1. The molecule has 0 radical (unpaired) electrons. The molecular formula is C17H22Cl2N2OS. The van der Waals surface area contributed by atoms with Crippen molar-refractivity contribution in [3.8, 4) is 0 Å². The van der Waals surface area contributed by atoms with Crippen LogP contribution in [-0.2, 0) is 10.5 Å². The number of fused-ring (bicyclic) bond motifs is 2. The van der Waals surface area contributed by atoms with E-state index in [2.05, 4.69) is 17.3 Å². The Kier molecular flexibility index (Phi) is 5.78. The molecule has 2 saturated heterocycles. The molecule has 0 saturated carbocycles. The van der Waals surface area contributed by atoms with Crippen LogP contribution in [0.5, 0.6) is 0 Å². The summed E-state index contributed by atoms with van der Waals surface area (Å²) in [6.07, 6.45) is 4.73. The van der Waals surface area contributed by atoms with Gasteiger partial charge in [0.2, 0.25) is 5.91 Å². The van der Waals surface area contributed by atoms with Gasteiger partial charge in [0.25, 0.3) is 0 Å². The van der Waals surface area contributed by atoms with E-state index >= 15 is 0 Å². The molecule has 126 valence electrons. The van der Waals surface area contributed by atoms with Crippen LogP contribution < -0.4 is 5.32 Å². The van der Waals surface area contributed by atoms with Crippen molar-refractivity contribution < 1.29 is 4.79 Å². The highest BCUT2D eigenvalue weighted by Gasteiger charge is 2.38. The molecule has 2 heterocycles. The van der Waals surface area contributed by atoms with Crippen LogP contribution in [0, 0.1) is 0 Å². The van der Waals surface area contributed by atoms with Gasteiger partial charge in [-0.1, -0.05) is 29.3 Å². The topological polar surface area (TPSA) is 32.3 Å². The fourth-order valence-electron chi connectivity index (χ4n) is 3.69. The number of nitrogens with one attached hydrogen (secondary N) is 1. The van der Waals surface area contributed by atoms with Gasteiger partial charge in [0.05, 0.1) is 5.75 Å². The number of piperidine rings is 1. The van der Waals surface area contributed by atoms with E-state index in [9.17, 15) is 4.79 Å². The number of hydrogen-bond donors (Lipinski definition) is 1. The molecule has 2 atom stereocenters. The number of nitrogens with zero attached hydrogens (tertiary/aromatic N) is 1. The molecule has 2 aliphatic rings. The van der Waals surface area contributed by atoms with Crippen molar-refractivity contribution >= 4 is 40.9 Å². The number of carbonyl (C=O) groups excluding carboxylic acids is 1. The lowest BCUT2D eigenvalue weighted by Gasteiger charge is -2.36. The van der Waals surface area contributed by atoms with Crippen molar-refractivity contribution in [1.82, 2.24) is 10.2 Å². The Balaban J connectivity index is 1.42. The summed E-state index contributed by atoms with van der Waals surface area (Å²) in [5, 5.41) is 4.51. The Morgan fingerprint density at radius 3 is 2.65 bits per heavy atom. The first-order valence-electron chi connectivity index (χ1n) is 8.06. The van der Waals surface area contributed by atoms with Crippen LogP contribution in [0.25, 0.3) is 0 Å². The third kappa shape index (κ3) is 4.36. The van der Waals surface area contributed by atoms with Crippen LogP contribution in [-0.4, -0.2) is 41.7 Å². The number of amides is 1. The maximum atomic E-state index is 12.2. The first kappa shape index (κ1) is 17.4. The van der Waals surface area contributed by atoms with Crippen molar-refractivity contribution in [2.45, 2.75) is 49.6 Å². The summed E-state index contributed by atoms with van der Waals surface area (Å²) in [5.41, 5.74) is 1.02. The molecule has 1 aromatic rings. The smallest absolute Gasteiger partial charge is 0.230 e. The van der Waals surface area contributed by atoms with E-state index in [1.165, 1.54) is 12.8 Å². The molecule has 6 heteroatoms. The van der Waals surface area contributed by atoms with Crippen molar-refractivity contribution in [2.75, 3.05) is 12.8 Å². The van der Waals surface area contributed by atoms with Gasteiger partial charge in [-0.2, -0.15) is 0 Å². The summed E-state index contributed by atoms with van der Waals surface area (Å²) in [5.74, 6) is 1.33. The van der Waals surface area contributed by atoms with Gasteiger partial charge in [-0.15, -0.1) is 11.8 Å². The predicted octanol–water partition coefficient (Wildman–Crippen LogP) is 3.97. The fraction of sp³-hybridized carbons (Fsp3) is 0.588. The molecule has 1 amide bonds. The van der Waals surface area contributed by atoms with Crippen LogP contribution >= 0.6 is 35.0 Å². The number of rotatable bonds is 5. The largest absolute Gasteiger partial charge is 0.353 e. The maximum absolute atomic E-state index is 12.2. The van der Waals surface area contributed by atoms with E-state index < -0.39 is 0 Å². The minimum atomic E-state index is 0.133. The van der Waals surface area contributed by atoms with Gasteiger partial charge < -0.3 is 10.2 Å². The van der Waals surface area contributed by atoms with Gasteiger partial charge >= 0.3 is 0 Å². The Bertz CT molecular complexity index is 570. The number of carbonyl (C=O) groups is 1. The second-order valence-electron chi connectivity index (χ2n) is 6.51. The third-order valence-corrected chi connectivity index (χ3v) is 6.54. The SMILES string of the molecule is CN1[C@@H]2CC[C@@H]1CC(NC(=O)CSCc1ccc(Cl)cc1Cl)C2. The summed E-state index contributed by atoms with van der Waals surface area (Å²) in [6.45, 7) is 0. The number of halogens is 2. The molecule has 0 aliphatic carbocycles. The average Bonchev–Trinajstić information content (AvgIpc) is 2.72. The quantitative estimate of drug-likeness (QED) is 0.848. The number of benzene rings is 1. The zero-order valence-corrected chi connectivity index (χ0v) is 15.6. The highest BCUT2D eigenvalue weighted by atomic mass is 35.5. The van der Waals surface area contributed by atoms with Crippen LogP contribution in [0.15, 0.2) is 18.2 Å². The van der Waals surface area contributed by atoms with E-state index in [-0.39, 0.29) is 5.91 Å². The van der Waals surface area contributed by atoms with Crippen molar-refractivity contribution in [2.24, 2.45) is 0 Å². The van der Waals surface area contributed by atoms with Gasteiger partial charge in [-0.25, -0.2) is 0 Å². The monoisotopic (exact) mass is 372 g/mol. The van der Waals surface area contributed by atoms with Gasteiger partial charge in [0.1, 0.15) is 0 Å². The molecule has 2 bridgehead atoms. The van der Waals surface area contributed by atoms with Crippen LogP contribution in [0.2, 0.25) is 10.0 Å². The second-order valence-corrected chi connectivity index (χ2v) is 8.34.